The molecule has 0 aliphatic heterocycles. The van der Waals surface area contributed by atoms with Crippen molar-refractivity contribution in [3.63, 3.8) is 0 Å². The number of para-hydroxylation sites is 1. The Morgan fingerprint density at radius 1 is 0.962 bits per heavy atom. The first-order valence-corrected chi connectivity index (χ1v) is 8.27. The number of hydrogen-bond donors (Lipinski definition) is 1. The molecule has 0 unspecified atom stereocenters. The van der Waals surface area contributed by atoms with Gasteiger partial charge < -0.3 is 5.32 Å². The van der Waals surface area contributed by atoms with Crippen LogP contribution < -0.4 is 5.32 Å². The van der Waals surface area contributed by atoms with E-state index in [4.69, 9.17) is 0 Å². The summed E-state index contributed by atoms with van der Waals surface area (Å²) < 4.78 is 1.81. The van der Waals surface area contributed by atoms with Crippen molar-refractivity contribution in [2.45, 2.75) is 13.8 Å². The molecule has 128 valence electrons. The zero-order valence-electron chi connectivity index (χ0n) is 14.5. The highest BCUT2D eigenvalue weighted by Gasteiger charge is 2.12. The van der Waals surface area contributed by atoms with Crippen LogP contribution in [0.4, 0.5) is 5.69 Å². The van der Waals surface area contributed by atoms with Gasteiger partial charge in [0.25, 0.3) is 11.7 Å². The van der Waals surface area contributed by atoms with Crippen LogP contribution in [0.25, 0.3) is 17.2 Å². The topological polar surface area (TPSA) is 72.2 Å². The Hall–Kier alpha value is -3.54. The van der Waals surface area contributed by atoms with Gasteiger partial charge in [0.1, 0.15) is 0 Å². The van der Waals surface area contributed by atoms with Crippen LogP contribution in [0.1, 0.15) is 21.5 Å². The van der Waals surface area contributed by atoms with Crippen molar-refractivity contribution >= 4 is 17.4 Å². The fourth-order valence-electron chi connectivity index (χ4n) is 2.91. The van der Waals surface area contributed by atoms with Gasteiger partial charge in [0.15, 0.2) is 5.82 Å². The minimum absolute atomic E-state index is 0.137. The van der Waals surface area contributed by atoms with E-state index in [2.05, 4.69) is 20.5 Å². The van der Waals surface area contributed by atoms with Crippen LogP contribution in [0.5, 0.6) is 0 Å². The second-order valence-electron chi connectivity index (χ2n) is 6.11. The smallest absolute Gasteiger partial charge is 0.255 e. The molecule has 0 spiro atoms. The summed E-state index contributed by atoms with van der Waals surface area (Å²) in [5, 5.41) is 11.2. The van der Waals surface area contributed by atoms with Crippen molar-refractivity contribution in [1.82, 2.24) is 19.6 Å². The number of carbonyl (C=O) groups is 1. The molecule has 1 N–H and O–H groups in total. The molecule has 1 amide bonds. The van der Waals surface area contributed by atoms with Crippen molar-refractivity contribution in [1.29, 1.82) is 0 Å². The Bertz CT molecular complexity index is 1080. The van der Waals surface area contributed by atoms with Crippen molar-refractivity contribution in [3.05, 3.63) is 77.6 Å². The molecule has 0 atom stereocenters. The Kier molecular flexibility index (Phi) is 3.93. The lowest BCUT2D eigenvalue weighted by molar-refractivity contribution is 0.102. The normalized spacial score (nSPS) is 10.8. The average Bonchev–Trinajstić information content (AvgIpc) is 3.09. The van der Waals surface area contributed by atoms with Crippen molar-refractivity contribution in [3.8, 4) is 11.4 Å². The van der Waals surface area contributed by atoms with Crippen LogP contribution in [0.15, 0.2) is 60.9 Å². The van der Waals surface area contributed by atoms with Crippen molar-refractivity contribution < 1.29 is 4.79 Å². The van der Waals surface area contributed by atoms with Gasteiger partial charge in [-0.3, -0.25) is 9.20 Å². The molecule has 4 aromatic rings. The van der Waals surface area contributed by atoms with E-state index in [-0.39, 0.29) is 5.91 Å². The molecule has 0 saturated carbocycles. The van der Waals surface area contributed by atoms with E-state index in [1.165, 1.54) is 0 Å². The summed E-state index contributed by atoms with van der Waals surface area (Å²) in [6.07, 6.45) is 3.54. The summed E-state index contributed by atoms with van der Waals surface area (Å²) in [7, 11) is 0. The largest absolute Gasteiger partial charge is 0.322 e. The predicted octanol–water partition coefficient (Wildman–Crippen LogP) is 3.66. The number of amides is 1. The summed E-state index contributed by atoms with van der Waals surface area (Å²) in [6.45, 7) is 3.96. The molecule has 0 bridgehead atoms. The van der Waals surface area contributed by atoms with Gasteiger partial charge in [0, 0.05) is 29.2 Å². The Morgan fingerprint density at radius 3 is 2.42 bits per heavy atom. The maximum absolute atomic E-state index is 12.6. The maximum Gasteiger partial charge on any atom is 0.255 e. The molecular formula is C20H17N5O. The number of hydrogen-bond acceptors (Lipinski definition) is 4. The number of fused-ring (bicyclic) bond motifs is 1. The highest BCUT2D eigenvalue weighted by atomic mass is 16.1. The molecule has 26 heavy (non-hydrogen) atoms. The van der Waals surface area contributed by atoms with Crippen LogP contribution in [-0.4, -0.2) is 25.5 Å². The molecular weight excluding hydrogens is 326 g/mol. The Balaban J connectivity index is 1.61. The van der Waals surface area contributed by atoms with Gasteiger partial charge in [0.2, 0.25) is 0 Å². The molecule has 0 radical (unpaired) electrons. The monoisotopic (exact) mass is 343 g/mol. The number of nitrogens with one attached hydrogen (secondary N) is 1. The summed E-state index contributed by atoms with van der Waals surface area (Å²) in [5.41, 5.74) is 4.39. The molecule has 0 fully saturated rings. The Morgan fingerprint density at radius 2 is 1.69 bits per heavy atom. The third kappa shape index (κ3) is 2.82. The molecule has 0 aliphatic rings. The van der Waals surface area contributed by atoms with Crippen molar-refractivity contribution in [2.24, 2.45) is 0 Å². The van der Waals surface area contributed by atoms with E-state index < -0.39 is 0 Å². The van der Waals surface area contributed by atoms with Gasteiger partial charge >= 0.3 is 0 Å². The van der Waals surface area contributed by atoms with Crippen LogP contribution in [0.2, 0.25) is 0 Å². The number of nitrogens with zero attached hydrogens (tertiary/aromatic N) is 4. The third-order valence-corrected chi connectivity index (χ3v) is 4.31. The summed E-state index contributed by atoms with van der Waals surface area (Å²) in [6, 6.07) is 15.1. The van der Waals surface area contributed by atoms with Gasteiger partial charge in [-0.2, -0.15) is 0 Å². The fourth-order valence-corrected chi connectivity index (χ4v) is 2.91. The van der Waals surface area contributed by atoms with Gasteiger partial charge in [-0.05, 0) is 43.2 Å². The lowest BCUT2D eigenvalue weighted by Gasteiger charge is -2.11. The summed E-state index contributed by atoms with van der Waals surface area (Å²) >= 11 is 0. The Labute approximate surface area is 150 Å². The number of aromatic nitrogens is 4. The number of rotatable bonds is 3. The third-order valence-electron chi connectivity index (χ3n) is 4.31. The maximum atomic E-state index is 12.6. The van der Waals surface area contributed by atoms with Crippen LogP contribution >= 0.6 is 0 Å². The zero-order valence-corrected chi connectivity index (χ0v) is 14.5. The predicted molar refractivity (Wildman–Crippen MR) is 100 cm³/mol. The zero-order chi connectivity index (χ0) is 18.1. The molecule has 2 aromatic heterocycles. The quantitative estimate of drug-likeness (QED) is 0.616. The van der Waals surface area contributed by atoms with Gasteiger partial charge in [-0.25, -0.2) is 4.98 Å². The first-order chi connectivity index (χ1) is 12.6. The van der Waals surface area contributed by atoms with Crippen LogP contribution in [-0.2, 0) is 0 Å². The van der Waals surface area contributed by atoms with E-state index >= 15 is 0 Å². The fraction of sp³-hybridized carbons (Fsp3) is 0.100. The van der Waals surface area contributed by atoms with E-state index in [1.54, 1.807) is 18.3 Å². The minimum atomic E-state index is -0.137. The molecule has 2 aromatic carbocycles. The highest BCUT2D eigenvalue weighted by Crippen LogP contribution is 2.22. The second kappa shape index (κ2) is 6.40. The van der Waals surface area contributed by atoms with E-state index in [1.807, 2.05) is 60.8 Å². The molecule has 0 aliphatic carbocycles. The van der Waals surface area contributed by atoms with E-state index in [0.717, 1.165) is 22.4 Å². The number of carbonyl (C=O) groups excluding carboxylic acids is 1. The highest BCUT2D eigenvalue weighted by molar-refractivity contribution is 6.05. The number of benzene rings is 2. The first kappa shape index (κ1) is 16.0. The molecule has 6 heteroatoms. The molecule has 4 rings (SSSR count). The lowest BCUT2D eigenvalue weighted by Crippen LogP contribution is -2.13. The van der Waals surface area contributed by atoms with E-state index in [9.17, 15) is 4.79 Å². The van der Waals surface area contributed by atoms with Crippen LogP contribution in [0, 0.1) is 13.8 Å². The van der Waals surface area contributed by atoms with Gasteiger partial charge in [0.05, 0.1) is 0 Å². The standard InChI is InChI=1S/C20H17N5O/c1-13-5-3-6-14(2)17(13)22-19(26)16-9-7-15(8-10-16)18-23-24-20-21-11-4-12-25(18)20/h3-12H,1-2H3,(H,22,26). The van der Waals surface area contributed by atoms with Crippen molar-refractivity contribution in [2.75, 3.05) is 5.32 Å². The molecule has 0 saturated heterocycles. The summed E-state index contributed by atoms with van der Waals surface area (Å²) in [4.78, 5) is 16.7. The van der Waals surface area contributed by atoms with Gasteiger partial charge in [-0.1, -0.05) is 30.3 Å². The second-order valence-corrected chi connectivity index (χ2v) is 6.11. The summed E-state index contributed by atoms with van der Waals surface area (Å²) in [5.74, 6) is 1.09. The van der Waals surface area contributed by atoms with E-state index in [0.29, 0.717) is 17.2 Å². The minimum Gasteiger partial charge on any atom is -0.322 e. The SMILES string of the molecule is Cc1cccc(C)c1NC(=O)c1ccc(-c2nnc3ncccn23)cc1. The lowest BCUT2D eigenvalue weighted by atomic mass is 10.1. The van der Waals surface area contributed by atoms with Gasteiger partial charge in [-0.15, -0.1) is 10.2 Å². The van der Waals surface area contributed by atoms with Crippen LogP contribution in [0.3, 0.4) is 0 Å². The number of anilines is 1. The average molecular weight is 343 g/mol. The molecule has 6 nitrogen and oxygen atoms in total. The number of aryl methyl sites for hydroxylation is 2. The molecule has 2 heterocycles. The first-order valence-electron chi connectivity index (χ1n) is 8.27.